The van der Waals surface area contributed by atoms with Crippen LogP contribution < -0.4 is 0 Å². The molecule has 1 aromatic rings. The molecular formula is C17H24BrNO2. The van der Waals surface area contributed by atoms with Gasteiger partial charge in [-0.3, -0.25) is 9.69 Å². The number of carbonyl (C=O) groups is 1. The van der Waals surface area contributed by atoms with Gasteiger partial charge in [0, 0.05) is 23.1 Å². The lowest BCUT2D eigenvalue weighted by atomic mass is 9.95. The number of rotatable bonds is 3. The van der Waals surface area contributed by atoms with E-state index in [1.165, 1.54) is 0 Å². The zero-order valence-corrected chi connectivity index (χ0v) is 15.0. The number of halogens is 1. The van der Waals surface area contributed by atoms with Crippen molar-refractivity contribution in [2.75, 3.05) is 13.1 Å². The summed E-state index contributed by atoms with van der Waals surface area (Å²) < 4.78 is 7.07. The Morgan fingerprint density at radius 2 is 1.62 bits per heavy atom. The second-order valence-electron chi connectivity index (χ2n) is 7.07. The van der Waals surface area contributed by atoms with Crippen molar-refractivity contribution in [1.29, 1.82) is 0 Å². The second kappa shape index (κ2) is 5.82. The van der Waals surface area contributed by atoms with E-state index < -0.39 is 0 Å². The molecule has 0 aliphatic carbocycles. The normalized spacial score (nSPS) is 22.8. The molecule has 1 aromatic carbocycles. The first-order valence-corrected chi connectivity index (χ1v) is 8.13. The van der Waals surface area contributed by atoms with Gasteiger partial charge in [0.25, 0.3) is 0 Å². The molecule has 0 radical (unpaired) electrons. The minimum atomic E-state index is -0.240. The van der Waals surface area contributed by atoms with Gasteiger partial charge in [0.05, 0.1) is 17.2 Å². The Hall–Kier alpha value is -0.710. The van der Waals surface area contributed by atoms with Crippen molar-refractivity contribution in [2.24, 2.45) is 0 Å². The molecule has 0 spiro atoms. The standard InChI is InChI=1S/C17H24BrNO2/c1-12(15(20)13-6-8-14(18)9-7-13)19-10-16(2,3)21-17(4,5)11-19/h6-9,12H,10-11H2,1-5H3. The van der Waals surface area contributed by atoms with Crippen molar-refractivity contribution in [1.82, 2.24) is 4.90 Å². The monoisotopic (exact) mass is 353 g/mol. The average molecular weight is 354 g/mol. The highest BCUT2D eigenvalue weighted by molar-refractivity contribution is 9.10. The molecule has 1 saturated heterocycles. The Labute approximate surface area is 135 Å². The Morgan fingerprint density at radius 1 is 1.14 bits per heavy atom. The molecule has 1 heterocycles. The Balaban J connectivity index is 2.17. The Kier molecular flexibility index (Phi) is 4.62. The van der Waals surface area contributed by atoms with Crippen LogP contribution in [-0.2, 0) is 4.74 Å². The molecule has 0 amide bonds. The van der Waals surface area contributed by atoms with Crippen LogP contribution in [-0.4, -0.2) is 41.0 Å². The van der Waals surface area contributed by atoms with E-state index in [1.807, 2.05) is 31.2 Å². The molecular weight excluding hydrogens is 330 g/mol. The van der Waals surface area contributed by atoms with Crippen LogP contribution in [0.1, 0.15) is 45.0 Å². The summed E-state index contributed by atoms with van der Waals surface area (Å²) in [6.07, 6.45) is 0. The van der Waals surface area contributed by atoms with E-state index in [1.54, 1.807) is 0 Å². The highest BCUT2D eigenvalue weighted by Gasteiger charge is 2.41. The minimum absolute atomic E-state index is 0.145. The lowest BCUT2D eigenvalue weighted by Crippen LogP contribution is -2.60. The largest absolute Gasteiger partial charge is 0.367 e. The summed E-state index contributed by atoms with van der Waals surface area (Å²) in [7, 11) is 0. The van der Waals surface area contributed by atoms with E-state index in [-0.39, 0.29) is 23.0 Å². The summed E-state index contributed by atoms with van der Waals surface area (Å²) in [6.45, 7) is 11.8. The number of ketones is 1. The van der Waals surface area contributed by atoms with Crippen LogP contribution in [0.3, 0.4) is 0 Å². The third-order valence-corrected chi connectivity index (χ3v) is 4.30. The van der Waals surface area contributed by atoms with Gasteiger partial charge in [0.15, 0.2) is 5.78 Å². The van der Waals surface area contributed by atoms with Crippen molar-refractivity contribution in [3.05, 3.63) is 34.3 Å². The summed E-state index contributed by atoms with van der Waals surface area (Å²) in [5, 5.41) is 0. The SMILES string of the molecule is CC(C(=O)c1ccc(Br)cc1)N1CC(C)(C)OC(C)(C)C1. The molecule has 0 saturated carbocycles. The van der Waals surface area contributed by atoms with Crippen LogP contribution >= 0.6 is 15.9 Å². The minimum Gasteiger partial charge on any atom is -0.367 e. The van der Waals surface area contributed by atoms with E-state index in [2.05, 4.69) is 48.5 Å². The maximum absolute atomic E-state index is 12.7. The first kappa shape index (κ1) is 16.7. The smallest absolute Gasteiger partial charge is 0.179 e. The highest BCUT2D eigenvalue weighted by Crippen LogP contribution is 2.29. The molecule has 21 heavy (non-hydrogen) atoms. The zero-order chi connectivity index (χ0) is 15.8. The van der Waals surface area contributed by atoms with Crippen molar-refractivity contribution >= 4 is 21.7 Å². The lowest BCUT2D eigenvalue weighted by Gasteiger charge is -2.48. The number of benzene rings is 1. The van der Waals surface area contributed by atoms with E-state index in [4.69, 9.17) is 4.74 Å². The maximum Gasteiger partial charge on any atom is 0.179 e. The number of morpholine rings is 1. The first-order valence-electron chi connectivity index (χ1n) is 7.34. The van der Waals surface area contributed by atoms with Gasteiger partial charge in [-0.1, -0.05) is 28.1 Å². The van der Waals surface area contributed by atoms with Gasteiger partial charge in [-0.05, 0) is 46.8 Å². The molecule has 1 aliphatic heterocycles. The average Bonchev–Trinajstić information content (AvgIpc) is 2.34. The van der Waals surface area contributed by atoms with Gasteiger partial charge in [-0.15, -0.1) is 0 Å². The molecule has 1 aliphatic rings. The fourth-order valence-corrected chi connectivity index (χ4v) is 3.41. The summed E-state index contributed by atoms with van der Waals surface area (Å²) in [5.74, 6) is 0.163. The van der Waals surface area contributed by atoms with Crippen LogP contribution in [0.2, 0.25) is 0 Å². The molecule has 1 atom stereocenters. The molecule has 116 valence electrons. The van der Waals surface area contributed by atoms with E-state index in [9.17, 15) is 4.79 Å². The summed E-state index contributed by atoms with van der Waals surface area (Å²) >= 11 is 3.40. The number of ether oxygens (including phenoxy) is 1. The molecule has 0 bridgehead atoms. The lowest BCUT2D eigenvalue weighted by molar-refractivity contribution is -0.183. The Morgan fingerprint density at radius 3 is 2.10 bits per heavy atom. The predicted molar refractivity (Wildman–Crippen MR) is 88.8 cm³/mol. The van der Waals surface area contributed by atoms with Gasteiger partial charge in [0.1, 0.15) is 0 Å². The molecule has 2 rings (SSSR count). The summed E-state index contributed by atoms with van der Waals surface area (Å²) in [4.78, 5) is 14.9. The van der Waals surface area contributed by atoms with Gasteiger partial charge < -0.3 is 4.74 Å². The number of Topliss-reactive ketones (excluding diaryl/α,β-unsaturated/α-hetero) is 1. The molecule has 3 nitrogen and oxygen atoms in total. The van der Waals surface area contributed by atoms with Crippen LogP contribution in [0.25, 0.3) is 0 Å². The summed E-state index contributed by atoms with van der Waals surface area (Å²) in [6, 6.07) is 7.42. The van der Waals surface area contributed by atoms with E-state index in [0.29, 0.717) is 0 Å². The number of carbonyl (C=O) groups excluding carboxylic acids is 1. The van der Waals surface area contributed by atoms with Crippen LogP contribution in [0.4, 0.5) is 0 Å². The van der Waals surface area contributed by atoms with Gasteiger partial charge in [0.2, 0.25) is 0 Å². The van der Waals surface area contributed by atoms with E-state index in [0.717, 1.165) is 23.1 Å². The molecule has 1 fully saturated rings. The molecule has 0 N–H and O–H groups in total. The molecule has 0 aromatic heterocycles. The number of hydrogen-bond acceptors (Lipinski definition) is 3. The van der Waals surface area contributed by atoms with Crippen LogP contribution in [0, 0.1) is 0 Å². The fourth-order valence-electron chi connectivity index (χ4n) is 3.14. The Bertz CT molecular complexity index is 506. The number of hydrogen-bond donors (Lipinski definition) is 0. The van der Waals surface area contributed by atoms with Crippen molar-refractivity contribution in [2.45, 2.75) is 51.9 Å². The third kappa shape index (κ3) is 4.15. The van der Waals surface area contributed by atoms with Gasteiger partial charge in [-0.2, -0.15) is 0 Å². The molecule has 4 heteroatoms. The maximum atomic E-state index is 12.7. The van der Waals surface area contributed by atoms with Crippen LogP contribution in [0.5, 0.6) is 0 Å². The molecule has 1 unspecified atom stereocenters. The third-order valence-electron chi connectivity index (χ3n) is 3.78. The van der Waals surface area contributed by atoms with Gasteiger partial charge >= 0.3 is 0 Å². The predicted octanol–water partition coefficient (Wildman–Crippen LogP) is 3.91. The number of nitrogens with zero attached hydrogens (tertiary/aromatic N) is 1. The first-order chi connectivity index (χ1) is 9.60. The topological polar surface area (TPSA) is 29.5 Å². The van der Waals surface area contributed by atoms with Gasteiger partial charge in [-0.25, -0.2) is 0 Å². The van der Waals surface area contributed by atoms with Crippen molar-refractivity contribution in [3.8, 4) is 0 Å². The fraction of sp³-hybridized carbons (Fsp3) is 0.588. The highest BCUT2D eigenvalue weighted by atomic mass is 79.9. The van der Waals surface area contributed by atoms with Crippen molar-refractivity contribution in [3.63, 3.8) is 0 Å². The zero-order valence-electron chi connectivity index (χ0n) is 13.4. The van der Waals surface area contributed by atoms with Crippen LogP contribution in [0.15, 0.2) is 28.7 Å². The second-order valence-corrected chi connectivity index (χ2v) is 7.99. The van der Waals surface area contributed by atoms with Crippen molar-refractivity contribution < 1.29 is 9.53 Å². The van der Waals surface area contributed by atoms with E-state index >= 15 is 0 Å². The quantitative estimate of drug-likeness (QED) is 0.771. The summed E-state index contributed by atoms with van der Waals surface area (Å²) in [5.41, 5.74) is 0.277.